The van der Waals surface area contributed by atoms with E-state index in [4.69, 9.17) is 0 Å². The number of carbonyl (C=O) groups is 1. The Morgan fingerprint density at radius 1 is 1.18 bits per heavy atom. The summed E-state index contributed by atoms with van der Waals surface area (Å²) in [7, 11) is 0.193. The zero-order chi connectivity index (χ0) is 20.6. The summed E-state index contributed by atoms with van der Waals surface area (Å²) in [5.41, 5.74) is -1.28. The maximum Gasteiger partial charge on any atom is 0.332 e. The molecule has 1 N–H and O–H groups in total. The highest BCUT2D eigenvalue weighted by Crippen LogP contribution is 2.16. The number of aromatic nitrogens is 4. The van der Waals surface area contributed by atoms with Gasteiger partial charge in [-0.1, -0.05) is 6.07 Å². The van der Waals surface area contributed by atoms with E-state index in [2.05, 4.69) is 10.3 Å². The first-order chi connectivity index (χ1) is 13.1. The lowest BCUT2D eigenvalue weighted by Crippen LogP contribution is -2.37. The van der Waals surface area contributed by atoms with Crippen LogP contribution in [0.2, 0.25) is 0 Å². The highest BCUT2D eigenvalue weighted by molar-refractivity contribution is 7.91. The van der Waals surface area contributed by atoms with Crippen LogP contribution in [-0.2, 0) is 42.3 Å². The SMILES string of the molecule is Cn1c(=O)c2nc(S(=O)(=O)CCC(=O)NCc3cccs3)n(C)c2n(C)c1=O. The Bertz CT molecular complexity index is 1270. The van der Waals surface area contributed by atoms with Crippen LogP contribution >= 0.6 is 11.3 Å². The molecule has 0 aromatic carbocycles. The number of hydrogen-bond donors (Lipinski definition) is 1. The van der Waals surface area contributed by atoms with Crippen LogP contribution in [0.15, 0.2) is 32.3 Å². The van der Waals surface area contributed by atoms with Crippen molar-refractivity contribution in [1.82, 2.24) is 24.0 Å². The Morgan fingerprint density at radius 3 is 2.54 bits per heavy atom. The summed E-state index contributed by atoms with van der Waals surface area (Å²) in [6.07, 6.45) is -0.242. The number of thiophene rings is 1. The van der Waals surface area contributed by atoms with Crippen molar-refractivity contribution >= 4 is 38.2 Å². The first-order valence-electron chi connectivity index (χ1n) is 8.27. The zero-order valence-electron chi connectivity index (χ0n) is 15.5. The molecule has 0 aliphatic rings. The van der Waals surface area contributed by atoms with Crippen molar-refractivity contribution in [2.75, 3.05) is 5.75 Å². The van der Waals surface area contributed by atoms with E-state index in [1.807, 2.05) is 17.5 Å². The van der Waals surface area contributed by atoms with E-state index in [0.717, 1.165) is 14.0 Å². The van der Waals surface area contributed by atoms with Gasteiger partial charge >= 0.3 is 5.69 Å². The third kappa shape index (κ3) is 3.52. The molecule has 3 rings (SSSR count). The van der Waals surface area contributed by atoms with Crippen LogP contribution in [0.1, 0.15) is 11.3 Å². The Labute approximate surface area is 164 Å². The third-order valence-corrected chi connectivity index (χ3v) is 6.88. The fourth-order valence-corrected chi connectivity index (χ4v) is 4.86. The van der Waals surface area contributed by atoms with Gasteiger partial charge in [0.05, 0.1) is 12.3 Å². The molecule has 0 aliphatic carbocycles. The van der Waals surface area contributed by atoms with Gasteiger partial charge in [-0.15, -0.1) is 11.3 Å². The minimum Gasteiger partial charge on any atom is -0.351 e. The van der Waals surface area contributed by atoms with Crippen LogP contribution in [-0.4, -0.2) is 38.8 Å². The second-order valence-corrected chi connectivity index (χ2v) is 9.29. The minimum absolute atomic E-state index is 0.105. The molecule has 3 heterocycles. The van der Waals surface area contributed by atoms with Crippen LogP contribution in [0.25, 0.3) is 11.2 Å². The van der Waals surface area contributed by atoms with Gasteiger partial charge in [0.15, 0.2) is 11.2 Å². The van der Waals surface area contributed by atoms with Crippen molar-refractivity contribution in [2.24, 2.45) is 21.1 Å². The molecule has 3 aromatic heterocycles. The van der Waals surface area contributed by atoms with Crippen LogP contribution in [0.5, 0.6) is 0 Å². The van der Waals surface area contributed by atoms with Gasteiger partial charge in [-0.05, 0) is 11.4 Å². The molecule has 1 amide bonds. The molecule has 150 valence electrons. The Morgan fingerprint density at radius 2 is 1.89 bits per heavy atom. The summed E-state index contributed by atoms with van der Waals surface area (Å²) in [5, 5.41) is 4.19. The average Bonchev–Trinajstić information content (AvgIpc) is 3.29. The average molecular weight is 425 g/mol. The van der Waals surface area contributed by atoms with Crippen LogP contribution < -0.4 is 16.6 Å². The van der Waals surface area contributed by atoms with E-state index in [-0.39, 0.29) is 22.7 Å². The zero-order valence-corrected chi connectivity index (χ0v) is 17.1. The van der Waals surface area contributed by atoms with Crippen molar-refractivity contribution in [2.45, 2.75) is 18.1 Å². The van der Waals surface area contributed by atoms with Gasteiger partial charge in [0, 0.05) is 32.4 Å². The molecule has 0 saturated carbocycles. The summed E-state index contributed by atoms with van der Waals surface area (Å²) in [4.78, 5) is 41.3. The molecular formula is C16H19N5O5S2. The van der Waals surface area contributed by atoms with Crippen LogP contribution in [0, 0.1) is 0 Å². The topological polar surface area (TPSA) is 125 Å². The van der Waals surface area contributed by atoms with E-state index < -0.39 is 32.7 Å². The van der Waals surface area contributed by atoms with Crippen molar-refractivity contribution in [3.8, 4) is 0 Å². The van der Waals surface area contributed by atoms with Gasteiger partial charge in [-0.2, -0.15) is 0 Å². The molecule has 3 aromatic rings. The van der Waals surface area contributed by atoms with Gasteiger partial charge in [0.2, 0.25) is 20.9 Å². The molecule has 28 heavy (non-hydrogen) atoms. The number of fused-ring (bicyclic) bond motifs is 1. The fraction of sp³-hybridized carbons (Fsp3) is 0.375. The van der Waals surface area contributed by atoms with Gasteiger partial charge in [-0.25, -0.2) is 18.2 Å². The maximum atomic E-state index is 12.7. The largest absolute Gasteiger partial charge is 0.351 e. The second-order valence-electron chi connectivity index (χ2n) is 6.26. The number of sulfone groups is 1. The summed E-state index contributed by atoms with van der Waals surface area (Å²) < 4.78 is 28.6. The van der Waals surface area contributed by atoms with Gasteiger partial charge in [0.25, 0.3) is 5.56 Å². The van der Waals surface area contributed by atoms with Crippen molar-refractivity contribution in [1.29, 1.82) is 0 Å². The predicted molar refractivity (Wildman–Crippen MR) is 104 cm³/mol. The van der Waals surface area contributed by atoms with Crippen molar-refractivity contribution in [3.05, 3.63) is 43.2 Å². The lowest BCUT2D eigenvalue weighted by atomic mass is 10.4. The molecule has 0 radical (unpaired) electrons. The summed E-state index contributed by atoms with van der Waals surface area (Å²) in [5.74, 6) is -0.867. The molecule has 0 saturated heterocycles. The van der Waals surface area contributed by atoms with Gasteiger partial charge in [-0.3, -0.25) is 18.7 Å². The second kappa shape index (κ2) is 7.36. The van der Waals surface area contributed by atoms with E-state index in [0.29, 0.717) is 6.54 Å². The van der Waals surface area contributed by atoms with Crippen LogP contribution in [0.3, 0.4) is 0 Å². The van der Waals surface area contributed by atoms with E-state index in [1.54, 1.807) is 0 Å². The molecular weight excluding hydrogens is 406 g/mol. The number of rotatable bonds is 6. The first kappa shape index (κ1) is 20.0. The summed E-state index contributed by atoms with van der Waals surface area (Å²) >= 11 is 1.49. The normalized spacial score (nSPS) is 11.8. The molecule has 0 aliphatic heterocycles. The monoisotopic (exact) mass is 425 g/mol. The van der Waals surface area contributed by atoms with Crippen molar-refractivity contribution in [3.63, 3.8) is 0 Å². The molecule has 0 bridgehead atoms. The number of carbonyl (C=O) groups excluding carboxylic acids is 1. The highest BCUT2D eigenvalue weighted by atomic mass is 32.2. The molecule has 0 fully saturated rings. The third-order valence-electron chi connectivity index (χ3n) is 4.34. The Balaban J connectivity index is 1.85. The number of imidazole rings is 1. The Hall–Kier alpha value is -2.73. The van der Waals surface area contributed by atoms with Gasteiger partial charge in [0.1, 0.15) is 0 Å². The van der Waals surface area contributed by atoms with Crippen LogP contribution in [0.4, 0.5) is 0 Å². The summed E-state index contributed by atoms with van der Waals surface area (Å²) in [6.45, 7) is 0.334. The number of nitrogens with zero attached hydrogens (tertiary/aromatic N) is 4. The van der Waals surface area contributed by atoms with Gasteiger partial charge < -0.3 is 9.88 Å². The molecule has 12 heteroatoms. The molecule has 0 spiro atoms. The lowest BCUT2D eigenvalue weighted by Gasteiger charge is -2.07. The van der Waals surface area contributed by atoms with E-state index in [1.165, 1.54) is 37.0 Å². The van der Waals surface area contributed by atoms with E-state index in [9.17, 15) is 22.8 Å². The quantitative estimate of drug-likeness (QED) is 0.568. The number of aryl methyl sites for hydroxylation is 2. The predicted octanol–water partition coefficient (Wildman–Crippen LogP) is -0.488. The number of hydrogen-bond acceptors (Lipinski definition) is 7. The highest BCUT2D eigenvalue weighted by Gasteiger charge is 2.26. The lowest BCUT2D eigenvalue weighted by molar-refractivity contribution is -0.120. The van der Waals surface area contributed by atoms with E-state index >= 15 is 0 Å². The number of nitrogens with one attached hydrogen (secondary N) is 1. The minimum atomic E-state index is -3.95. The molecule has 0 atom stereocenters. The number of amides is 1. The molecule has 10 nitrogen and oxygen atoms in total. The standard InChI is InChI=1S/C16H19N5O5S2/c1-19-13-12(14(23)21(3)16(24)20(13)2)18-15(19)28(25,26)8-6-11(22)17-9-10-5-4-7-27-10/h4-5,7H,6,8-9H2,1-3H3,(H,17,22). The van der Waals surface area contributed by atoms with Crippen molar-refractivity contribution < 1.29 is 13.2 Å². The summed E-state index contributed by atoms with van der Waals surface area (Å²) in [6, 6.07) is 3.73. The molecule has 0 unspecified atom stereocenters. The maximum absolute atomic E-state index is 12.7. The first-order valence-corrected chi connectivity index (χ1v) is 10.8. The smallest absolute Gasteiger partial charge is 0.332 e. The fourth-order valence-electron chi connectivity index (χ4n) is 2.84. The Kier molecular flexibility index (Phi) is 5.26.